The highest BCUT2D eigenvalue weighted by molar-refractivity contribution is 5.74. The highest BCUT2D eigenvalue weighted by Gasteiger charge is 2.13. The third-order valence-corrected chi connectivity index (χ3v) is 4.49. The quantitative estimate of drug-likeness (QED) is 0.402. The van der Waals surface area contributed by atoms with Crippen LogP contribution >= 0.6 is 0 Å². The molecule has 27 heavy (non-hydrogen) atoms. The molecule has 0 aliphatic heterocycles. The number of rotatable bonds is 9. The summed E-state index contributed by atoms with van der Waals surface area (Å²) in [4.78, 5) is 11.4. The predicted molar refractivity (Wildman–Crippen MR) is 110 cm³/mol. The first kappa shape index (κ1) is 18.5. The van der Waals surface area contributed by atoms with Gasteiger partial charge in [0.25, 0.3) is 0 Å². The number of aromatic amines is 1. The zero-order chi connectivity index (χ0) is 18.9. The van der Waals surface area contributed by atoms with Gasteiger partial charge in [0.2, 0.25) is 0 Å². The molecule has 1 heterocycles. The smallest absolute Gasteiger partial charge is 0.188 e. The van der Waals surface area contributed by atoms with Crippen molar-refractivity contribution in [2.45, 2.75) is 12.8 Å². The van der Waals surface area contributed by atoms with Crippen LogP contribution < -0.4 is 10.6 Å². The molecule has 6 nitrogen and oxygen atoms in total. The Kier molecular flexibility index (Phi) is 6.46. The molecule has 0 fully saturated rings. The van der Waals surface area contributed by atoms with Gasteiger partial charge in [-0.2, -0.15) is 0 Å². The fraction of sp³-hybridized carbons (Fsp3) is 0.238. The van der Waals surface area contributed by atoms with Crippen LogP contribution in [0, 0.1) is 5.41 Å². The minimum atomic E-state index is 0.109. The average Bonchev–Trinajstić information content (AvgIpc) is 3.22. The van der Waals surface area contributed by atoms with Crippen molar-refractivity contribution in [1.82, 2.24) is 14.9 Å². The second-order valence-corrected chi connectivity index (χ2v) is 6.36. The molecule has 0 radical (unpaired) electrons. The Bertz CT molecular complexity index is 762. The van der Waals surface area contributed by atoms with Crippen molar-refractivity contribution < 1.29 is 0 Å². The van der Waals surface area contributed by atoms with Crippen molar-refractivity contribution >= 4 is 17.3 Å². The number of aromatic nitrogens is 2. The lowest BCUT2D eigenvalue weighted by molar-refractivity contribution is 0.410. The maximum Gasteiger partial charge on any atom is 0.188 e. The summed E-state index contributed by atoms with van der Waals surface area (Å²) in [5, 5.41) is 7.92. The lowest BCUT2D eigenvalue weighted by atomic mass is 10.2. The number of benzene rings is 2. The zero-order valence-electron chi connectivity index (χ0n) is 15.4. The van der Waals surface area contributed by atoms with Crippen LogP contribution in [-0.4, -0.2) is 40.5 Å². The van der Waals surface area contributed by atoms with Crippen LogP contribution in [0.25, 0.3) is 0 Å². The van der Waals surface area contributed by atoms with Gasteiger partial charge in [0.05, 0.1) is 12.0 Å². The number of nitrogens with one attached hydrogen (secondary N) is 2. The van der Waals surface area contributed by atoms with Crippen molar-refractivity contribution in [2.24, 2.45) is 5.73 Å². The number of anilines is 2. The van der Waals surface area contributed by atoms with Gasteiger partial charge in [0.15, 0.2) is 5.96 Å². The van der Waals surface area contributed by atoms with E-state index in [4.69, 9.17) is 11.1 Å². The molecule has 0 atom stereocenters. The number of nitrogens with zero attached hydrogens (tertiary/aromatic N) is 3. The molecule has 3 rings (SSSR count). The van der Waals surface area contributed by atoms with Crippen molar-refractivity contribution in [3.05, 3.63) is 78.9 Å². The normalized spacial score (nSPS) is 10.5. The lowest BCUT2D eigenvalue weighted by Gasteiger charge is -2.29. The molecule has 140 valence electrons. The molecule has 0 amide bonds. The monoisotopic (exact) mass is 362 g/mol. The van der Waals surface area contributed by atoms with Crippen molar-refractivity contribution in [3.63, 3.8) is 0 Å². The Hall–Kier alpha value is -3.28. The number of H-pyrrole nitrogens is 1. The van der Waals surface area contributed by atoms with Gasteiger partial charge in [-0.15, -0.1) is 0 Å². The molecule has 6 heteroatoms. The van der Waals surface area contributed by atoms with Crippen LogP contribution in [0.2, 0.25) is 0 Å². The molecule has 0 aliphatic rings. The van der Waals surface area contributed by atoms with E-state index in [2.05, 4.69) is 39.1 Å². The molecule has 1 aromatic heterocycles. The van der Waals surface area contributed by atoms with E-state index < -0.39 is 0 Å². The van der Waals surface area contributed by atoms with E-state index in [-0.39, 0.29) is 5.96 Å². The molecule has 3 aromatic rings. The second-order valence-electron chi connectivity index (χ2n) is 6.36. The molecular weight excluding hydrogens is 336 g/mol. The molecular formula is C21H26N6. The molecule has 0 spiro atoms. The van der Waals surface area contributed by atoms with Crippen LogP contribution in [-0.2, 0) is 6.42 Å². The Morgan fingerprint density at radius 1 is 0.926 bits per heavy atom. The van der Waals surface area contributed by atoms with Crippen molar-refractivity contribution in [3.8, 4) is 0 Å². The molecule has 0 unspecified atom stereocenters. The average molecular weight is 362 g/mol. The molecule has 0 bridgehead atoms. The first-order chi connectivity index (χ1) is 13.2. The number of hydrogen-bond acceptors (Lipinski definition) is 3. The third-order valence-electron chi connectivity index (χ3n) is 4.49. The highest BCUT2D eigenvalue weighted by atomic mass is 15.3. The molecule has 0 saturated carbocycles. The summed E-state index contributed by atoms with van der Waals surface area (Å²) in [5.74, 6) is 0.109. The van der Waals surface area contributed by atoms with Gasteiger partial charge in [0.1, 0.15) is 0 Å². The Labute approximate surface area is 160 Å². The minimum Gasteiger partial charge on any atom is -0.370 e. The predicted octanol–water partition coefficient (Wildman–Crippen LogP) is 3.38. The largest absolute Gasteiger partial charge is 0.370 e. The van der Waals surface area contributed by atoms with E-state index in [1.54, 1.807) is 6.33 Å². The van der Waals surface area contributed by atoms with Gasteiger partial charge in [-0.3, -0.25) is 5.41 Å². The maximum absolute atomic E-state index is 7.92. The van der Waals surface area contributed by atoms with Gasteiger partial charge in [-0.05, 0) is 37.1 Å². The number of imidazole rings is 1. The Morgan fingerprint density at radius 2 is 1.56 bits per heavy atom. The summed E-state index contributed by atoms with van der Waals surface area (Å²) in [6.45, 7) is 2.16. The summed E-state index contributed by atoms with van der Waals surface area (Å²) in [6.07, 6.45) is 5.37. The fourth-order valence-corrected chi connectivity index (χ4v) is 3.08. The number of hydrogen-bond donors (Lipinski definition) is 3. The van der Waals surface area contributed by atoms with Crippen LogP contribution in [0.1, 0.15) is 12.1 Å². The first-order valence-corrected chi connectivity index (χ1v) is 9.18. The third kappa shape index (κ3) is 5.34. The van der Waals surface area contributed by atoms with Gasteiger partial charge >= 0.3 is 0 Å². The van der Waals surface area contributed by atoms with Gasteiger partial charge in [-0.1, -0.05) is 36.4 Å². The standard InChI is InChI=1S/C21H26N6/c22-21(23)26(13-7-8-18-16-24-17-25-18)14-15-27(19-9-3-1-4-10-19)20-11-5-2-6-12-20/h1-6,9-12,16-17H,7-8,13-15H2,(H3,22,23)(H,24,25). The van der Waals surface area contributed by atoms with Crippen molar-refractivity contribution in [2.75, 3.05) is 24.5 Å². The maximum atomic E-state index is 7.92. The summed E-state index contributed by atoms with van der Waals surface area (Å²) < 4.78 is 0. The lowest BCUT2D eigenvalue weighted by Crippen LogP contribution is -2.41. The van der Waals surface area contributed by atoms with E-state index in [0.29, 0.717) is 6.54 Å². The number of nitrogens with two attached hydrogens (primary N) is 1. The number of aryl methyl sites for hydroxylation is 1. The van der Waals surface area contributed by atoms with Crippen molar-refractivity contribution in [1.29, 1.82) is 5.41 Å². The van der Waals surface area contributed by atoms with E-state index >= 15 is 0 Å². The summed E-state index contributed by atoms with van der Waals surface area (Å²) in [7, 11) is 0. The summed E-state index contributed by atoms with van der Waals surface area (Å²) in [6, 6.07) is 20.6. The second kappa shape index (κ2) is 9.43. The Morgan fingerprint density at radius 3 is 2.07 bits per heavy atom. The van der Waals surface area contributed by atoms with Gasteiger partial charge in [-0.25, -0.2) is 4.98 Å². The number of guanidine groups is 1. The fourth-order valence-electron chi connectivity index (χ4n) is 3.08. The van der Waals surface area contributed by atoms with Crippen LogP contribution in [0.4, 0.5) is 11.4 Å². The highest BCUT2D eigenvalue weighted by Crippen LogP contribution is 2.24. The van der Waals surface area contributed by atoms with Crippen LogP contribution in [0.3, 0.4) is 0 Å². The van der Waals surface area contributed by atoms with E-state index in [9.17, 15) is 0 Å². The molecule has 0 aliphatic carbocycles. The topological polar surface area (TPSA) is 85.0 Å². The van der Waals surface area contributed by atoms with Crippen LogP contribution in [0.15, 0.2) is 73.2 Å². The van der Waals surface area contributed by atoms with E-state index in [0.717, 1.165) is 43.0 Å². The molecule has 0 saturated heterocycles. The molecule has 2 aromatic carbocycles. The minimum absolute atomic E-state index is 0.109. The summed E-state index contributed by atoms with van der Waals surface area (Å²) >= 11 is 0. The van der Waals surface area contributed by atoms with E-state index in [1.807, 2.05) is 47.5 Å². The van der Waals surface area contributed by atoms with E-state index in [1.165, 1.54) is 0 Å². The van der Waals surface area contributed by atoms with Gasteiger partial charge < -0.3 is 20.5 Å². The Balaban J connectivity index is 1.64. The molecule has 4 N–H and O–H groups in total. The number of para-hydroxylation sites is 2. The van der Waals surface area contributed by atoms with Gasteiger partial charge in [0, 0.05) is 37.2 Å². The zero-order valence-corrected chi connectivity index (χ0v) is 15.4. The first-order valence-electron chi connectivity index (χ1n) is 9.18. The SMILES string of the molecule is N=C(N)N(CCCc1c[nH]cn1)CCN(c1ccccc1)c1ccccc1. The summed E-state index contributed by atoms with van der Waals surface area (Å²) in [5.41, 5.74) is 9.12. The van der Waals surface area contributed by atoms with Crippen LogP contribution in [0.5, 0.6) is 0 Å².